The first-order chi connectivity index (χ1) is 6.38. The van der Waals surface area contributed by atoms with E-state index >= 15 is 0 Å². The van der Waals surface area contributed by atoms with Crippen molar-refractivity contribution >= 4 is 26.3 Å². The van der Waals surface area contributed by atoms with Crippen LogP contribution in [0, 0.1) is 0 Å². The second-order valence-corrected chi connectivity index (χ2v) is 4.68. The van der Waals surface area contributed by atoms with Gasteiger partial charge in [0.15, 0.2) is 0 Å². The summed E-state index contributed by atoms with van der Waals surface area (Å²) in [5.74, 6) is 0. The van der Waals surface area contributed by atoms with Gasteiger partial charge in [-0.1, -0.05) is 28.1 Å². The van der Waals surface area contributed by atoms with E-state index in [4.69, 9.17) is 4.55 Å². The molecule has 1 aromatic carbocycles. The number of hydrogen-bond donors (Lipinski definition) is 1. The molecule has 0 aliphatic rings. The van der Waals surface area contributed by atoms with E-state index < -0.39 is 16.5 Å². The normalized spacial score (nSPS) is 13.9. The summed E-state index contributed by atoms with van der Waals surface area (Å²) in [4.78, 5) is 0. The van der Waals surface area contributed by atoms with Crippen molar-refractivity contribution in [3.8, 4) is 0 Å². The molecule has 0 aliphatic carbocycles. The van der Waals surface area contributed by atoms with Gasteiger partial charge in [-0.2, -0.15) is 8.42 Å². The van der Waals surface area contributed by atoms with E-state index in [1.807, 2.05) is 6.07 Å². The van der Waals surface area contributed by atoms with Gasteiger partial charge in [-0.3, -0.25) is 4.55 Å². The van der Waals surface area contributed by atoms with Gasteiger partial charge in [-0.25, -0.2) is 4.18 Å². The minimum Gasteiger partial charge on any atom is -0.264 e. The average molecular weight is 281 g/mol. The van der Waals surface area contributed by atoms with Crippen LogP contribution in [0.5, 0.6) is 0 Å². The molecule has 1 atom stereocenters. The van der Waals surface area contributed by atoms with Gasteiger partial charge in [0.1, 0.15) is 6.10 Å². The molecule has 0 aliphatic heterocycles. The molecule has 1 rings (SSSR count). The monoisotopic (exact) mass is 280 g/mol. The Kier molecular flexibility index (Phi) is 3.65. The molecule has 0 spiro atoms. The van der Waals surface area contributed by atoms with Crippen molar-refractivity contribution in [2.75, 3.05) is 0 Å². The lowest BCUT2D eigenvalue weighted by molar-refractivity contribution is 0.201. The Hall–Kier alpha value is -0.430. The summed E-state index contributed by atoms with van der Waals surface area (Å²) < 4.78 is 34.5. The molecule has 78 valence electrons. The van der Waals surface area contributed by atoms with Crippen LogP contribution in [0.1, 0.15) is 18.6 Å². The van der Waals surface area contributed by atoms with Crippen molar-refractivity contribution in [2.45, 2.75) is 13.0 Å². The molecule has 0 amide bonds. The molecular formula is C8H9BrO4S. The molecule has 0 radical (unpaired) electrons. The molecule has 0 saturated heterocycles. The summed E-state index contributed by atoms with van der Waals surface area (Å²) >= 11 is 3.24. The van der Waals surface area contributed by atoms with Crippen molar-refractivity contribution in [1.29, 1.82) is 0 Å². The zero-order chi connectivity index (χ0) is 10.8. The molecule has 1 aromatic rings. The minimum atomic E-state index is -4.40. The zero-order valence-corrected chi connectivity index (χ0v) is 9.75. The van der Waals surface area contributed by atoms with Gasteiger partial charge in [0.2, 0.25) is 0 Å². The summed E-state index contributed by atoms with van der Waals surface area (Å²) in [6, 6.07) is 6.99. The van der Waals surface area contributed by atoms with Gasteiger partial charge in [-0.05, 0) is 24.6 Å². The van der Waals surface area contributed by atoms with Crippen molar-refractivity contribution in [3.63, 3.8) is 0 Å². The minimum absolute atomic E-state index is 0.664. The van der Waals surface area contributed by atoms with E-state index in [1.54, 1.807) is 18.2 Å². The third-order valence-corrected chi connectivity index (χ3v) is 2.61. The molecule has 14 heavy (non-hydrogen) atoms. The van der Waals surface area contributed by atoms with Gasteiger partial charge < -0.3 is 0 Å². The second kappa shape index (κ2) is 4.39. The van der Waals surface area contributed by atoms with Crippen LogP contribution < -0.4 is 0 Å². The van der Waals surface area contributed by atoms with Crippen molar-refractivity contribution in [2.24, 2.45) is 0 Å². The Morgan fingerprint density at radius 2 is 2.14 bits per heavy atom. The molecule has 0 heterocycles. The molecule has 0 bridgehead atoms. The third-order valence-electron chi connectivity index (χ3n) is 1.58. The first-order valence-corrected chi connectivity index (χ1v) is 5.95. The molecule has 1 N–H and O–H groups in total. The lowest BCUT2D eigenvalue weighted by Gasteiger charge is -2.10. The first-order valence-electron chi connectivity index (χ1n) is 3.79. The van der Waals surface area contributed by atoms with Gasteiger partial charge in [0.05, 0.1) is 0 Å². The molecule has 0 saturated carbocycles. The average Bonchev–Trinajstić information content (AvgIpc) is 2.01. The van der Waals surface area contributed by atoms with Gasteiger partial charge in [0.25, 0.3) is 0 Å². The summed E-state index contributed by atoms with van der Waals surface area (Å²) in [6.07, 6.45) is -0.706. The van der Waals surface area contributed by atoms with Crippen LogP contribution in [0.25, 0.3) is 0 Å². The maximum Gasteiger partial charge on any atom is 0.397 e. The van der Waals surface area contributed by atoms with Crippen LogP contribution in [-0.2, 0) is 14.6 Å². The quantitative estimate of drug-likeness (QED) is 0.864. The van der Waals surface area contributed by atoms with Crippen LogP contribution in [0.2, 0.25) is 0 Å². The molecule has 6 heteroatoms. The second-order valence-electron chi connectivity index (χ2n) is 2.72. The highest BCUT2D eigenvalue weighted by Crippen LogP contribution is 2.21. The van der Waals surface area contributed by atoms with E-state index in [9.17, 15) is 8.42 Å². The summed E-state index contributed by atoms with van der Waals surface area (Å²) in [6.45, 7) is 1.54. The fraction of sp³-hybridized carbons (Fsp3) is 0.250. The zero-order valence-electron chi connectivity index (χ0n) is 7.34. The maximum absolute atomic E-state index is 10.4. The lowest BCUT2D eigenvalue weighted by atomic mass is 10.1. The fourth-order valence-corrected chi connectivity index (χ4v) is 1.89. The Morgan fingerprint density at radius 1 is 1.50 bits per heavy atom. The van der Waals surface area contributed by atoms with Gasteiger partial charge in [-0.15, -0.1) is 0 Å². The fourth-order valence-electron chi connectivity index (χ4n) is 0.997. The highest BCUT2D eigenvalue weighted by Gasteiger charge is 2.13. The van der Waals surface area contributed by atoms with Crippen LogP contribution in [0.15, 0.2) is 28.7 Å². The highest BCUT2D eigenvalue weighted by atomic mass is 79.9. The molecular weight excluding hydrogens is 272 g/mol. The van der Waals surface area contributed by atoms with Crippen LogP contribution >= 0.6 is 15.9 Å². The molecule has 1 unspecified atom stereocenters. The van der Waals surface area contributed by atoms with E-state index in [-0.39, 0.29) is 0 Å². The van der Waals surface area contributed by atoms with E-state index in [2.05, 4.69) is 20.1 Å². The molecule has 0 fully saturated rings. The summed E-state index contributed by atoms with van der Waals surface area (Å²) in [5.41, 5.74) is 0.664. The number of rotatable bonds is 3. The van der Waals surface area contributed by atoms with E-state index in [1.165, 1.54) is 6.92 Å². The number of halogens is 1. The largest absolute Gasteiger partial charge is 0.397 e. The first kappa shape index (κ1) is 11.6. The Bertz CT molecular complexity index is 415. The number of hydrogen-bond acceptors (Lipinski definition) is 3. The van der Waals surface area contributed by atoms with E-state index in [0.717, 1.165) is 4.47 Å². The van der Waals surface area contributed by atoms with Gasteiger partial charge in [0, 0.05) is 4.47 Å². The maximum atomic E-state index is 10.4. The third kappa shape index (κ3) is 3.75. The topological polar surface area (TPSA) is 63.6 Å². The van der Waals surface area contributed by atoms with Crippen molar-refractivity contribution in [1.82, 2.24) is 0 Å². The Morgan fingerprint density at radius 3 is 2.64 bits per heavy atom. The SMILES string of the molecule is CC(OS(=O)(=O)O)c1cccc(Br)c1. The van der Waals surface area contributed by atoms with E-state index in [0.29, 0.717) is 5.56 Å². The van der Waals surface area contributed by atoms with Crippen molar-refractivity contribution < 1.29 is 17.2 Å². The highest BCUT2D eigenvalue weighted by molar-refractivity contribution is 9.10. The standard InChI is InChI=1S/C8H9BrO4S/c1-6(13-14(10,11)12)7-3-2-4-8(9)5-7/h2-6H,1H3,(H,10,11,12). The number of benzene rings is 1. The van der Waals surface area contributed by atoms with Crippen molar-refractivity contribution in [3.05, 3.63) is 34.3 Å². The predicted molar refractivity (Wildman–Crippen MR) is 55.2 cm³/mol. The van der Waals surface area contributed by atoms with Crippen LogP contribution in [0.3, 0.4) is 0 Å². The summed E-state index contributed by atoms with van der Waals surface area (Å²) in [7, 11) is -4.40. The molecule has 4 nitrogen and oxygen atoms in total. The lowest BCUT2D eigenvalue weighted by Crippen LogP contribution is -2.07. The Labute approximate surface area is 91.0 Å². The van der Waals surface area contributed by atoms with Crippen LogP contribution in [0.4, 0.5) is 0 Å². The predicted octanol–water partition coefficient (Wildman–Crippen LogP) is 2.33. The molecule has 0 aromatic heterocycles. The smallest absolute Gasteiger partial charge is 0.264 e. The summed E-state index contributed by atoms with van der Waals surface area (Å²) in [5, 5.41) is 0. The van der Waals surface area contributed by atoms with Gasteiger partial charge >= 0.3 is 10.4 Å². The van der Waals surface area contributed by atoms with Crippen LogP contribution in [-0.4, -0.2) is 13.0 Å². The Balaban J connectivity index is 2.85.